The highest BCUT2D eigenvalue weighted by Gasteiger charge is 2.27. The van der Waals surface area contributed by atoms with Crippen molar-refractivity contribution in [3.63, 3.8) is 0 Å². The Morgan fingerprint density at radius 1 is 0.516 bits per heavy atom. The lowest BCUT2D eigenvalue weighted by atomic mass is 9.94. The second-order valence-electron chi connectivity index (χ2n) is 14.5. The van der Waals surface area contributed by atoms with Gasteiger partial charge in [-0.05, 0) is 118 Å². The van der Waals surface area contributed by atoms with Crippen LogP contribution in [0.25, 0.3) is 108 Å². The molecular weight excluding hydrogens is 799 g/mol. The number of para-hydroxylation sites is 2. The summed E-state index contributed by atoms with van der Waals surface area (Å²) >= 11 is 0.656. The minimum Gasteiger partial charge on any atom is -0.456 e. The molecule has 0 radical (unpaired) electrons. The van der Waals surface area contributed by atoms with Crippen LogP contribution >= 0.6 is 11.3 Å². The molecule has 0 aliphatic heterocycles. The Kier molecular flexibility index (Phi) is 3.45. The number of nitrogens with zero attached hydrogens (tertiary/aromatic N) is 1. The molecule has 0 spiro atoms. The highest BCUT2D eigenvalue weighted by Crippen LogP contribution is 2.50. The van der Waals surface area contributed by atoms with Gasteiger partial charge < -0.3 is 13.7 Å². The van der Waals surface area contributed by atoms with Crippen molar-refractivity contribution in [2.75, 3.05) is 4.90 Å². The molecule has 0 unspecified atom stereocenters. The van der Waals surface area contributed by atoms with Gasteiger partial charge in [-0.1, -0.05) is 139 Å². The van der Waals surface area contributed by atoms with Gasteiger partial charge in [0.2, 0.25) is 0 Å². The Balaban J connectivity index is 1.21. The third kappa shape index (κ3) is 5.21. The maximum atomic E-state index is 10.3. The Morgan fingerprint density at radius 2 is 1.28 bits per heavy atom. The van der Waals surface area contributed by atoms with Crippen LogP contribution in [0.15, 0.2) is 202 Å². The molecule has 0 saturated carbocycles. The summed E-state index contributed by atoms with van der Waals surface area (Å²) in [5.74, 6) is 0. The van der Waals surface area contributed by atoms with Crippen LogP contribution in [0.4, 0.5) is 17.1 Å². The van der Waals surface area contributed by atoms with Crippen LogP contribution in [0.2, 0.25) is 0 Å². The lowest BCUT2D eigenvalue weighted by Gasteiger charge is -2.26. The Labute approximate surface area is 419 Å². The maximum Gasteiger partial charge on any atom is 0.159 e. The van der Waals surface area contributed by atoms with Crippen LogP contribution in [0.3, 0.4) is 0 Å². The average Bonchev–Trinajstić information content (AvgIpc) is 1.59. The first kappa shape index (κ1) is 16.3. The van der Waals surface area contributed by atoms with Gasteiger partial charge in [-0.15, -0.1) is 11.3 Å². The van der Waals surface area contributed by atoms with Crippen molar-refractivity contribution in [1.29, 1.82) is 0 Å². The summed E-state index contributed by atoms with van der Waals surface area (Å²) < 4.78 is 318. The molecule has 4 heteroatoms. The van der Waals surface area contributed by atoms with E-state index < -0.39 is 299 Å². The average molecular weight is 869 g/mol. The predicted octanol–water partition coefficient (Wildman–Crippen LogP) is 17.7. The van der Waals surface area contributed by atoms with Crippen molar-refractivity contribution in [3.05, 3.63) is 210 Å². The summed E-state index contributed by atoms with van der Waals surface area (Å²) in [5.41, 5.74) is -10.9. The zero-order chi connectivity index (χ0) is 70.8. The van der Waals surface area contributed by atoms with Gasteiger partial charge >= 0.3 is 0 Å². The van der Waals surface area contributed by atoms with Crippen LogP contribution in [0.1, 0.15) is 61.9 Å². The maximum absolute atomic E-state index is 10.3. The summed E-state index contributed by atoms with van der Waals surface area (Å²) in [6.07, 6.45) is -3.04. The van der Waals surface area contributed by atoms with E-state index in [2.05, 4.69) is 0 Å². The highest BCUT2D eigenvalue weighted by atomic mass is 32.1. The molecular formula is C60H37NO2S. The largest absolute Gasteiger partial charge is 0.456 e. The standard InChI is InChI=1S/C60H37NO2S/c1-35-11-9-14-39-31-41-32-43(28-30-44(41)55(35)39)61(42-26-23-37(24-27-42)36-12-3-2-4-13-36)51-18-10-17-46-50-34-53-57(48-16-5-7-19-52(48)62-53)56(59(50)63-58(46)51)40-22-21-38-25-29-47-45-15-6-8-20-54(45)64-60(47)49(38)33-40/h2-30,32-34H,31H2,1H3/i2D,3D,4D,5D,6D,7D,8D,9D,10D,11D,12D,13D,14D,15D,16D,17D,18D,19D,20D,21D,22D,23D,24D,25D,26D,27D,29D,30D,31D2,32D,33D,34D. The normalized spacial score (nSPS) is 20.4. The molecule has 1 aliphatic rings. The van der Waals surface area contributed by atoms with E-state index in [1.807, 2.05) is 0 Å². The lowest BCUT2D eigenvalue weighted by Crippen LogP contribution is -2.10. The minimum absolute atomic E-state index is 0.0862. The van der Waals surface area contributed by atoms with Crippen molar-refractivity contribution in [3.8, 4) is 33.4 Å². The van der Waals surface area contributed by atoms with Gasteiger partial charge in [0, 0.05) is 66.8 Å². The smallest absolute Gasteiger partial charge is 0.159 e. The van der Waals surface area contributed by atoms with Gasteiger partial charge in [0.05, 0.1) is 48.2 Å². The van der Waals surface area contributed by atoms with Crippen molar-refractivity contribution >= 4 is 103 Å². The molecule has 3 nitrogen and oxygen atoms in total. The van der Waals surface area contributed by atoms with Crippen molar-refractivity contribution in [2.45, 2.75) is 13.3 Å². The molecule has 0 N–H and O–H groups in total. The van der Waals surface area contributed by atoms with Crippen LogP contribution in [0.5, 0.6) is 0 Å². The van der Waals surface area contributed by atoms with E-state index in [4.69, 9.17) is 29.4 Å². The lowest BCUT2D eigenvalue weighted by molar-refractivity contribution is 0.665. The van der Waals surface area contributed by atoms with E-state index >= 15 is 0 Å². The Morgan fingerprint density at radius 3 is 2.19 bits per heavy atom. The number of rotatable bonds is 5. The third-order valence-electron chi connectivity index (χ3n) is 10.9. The minimum atomic E-state index is -3.04. The molecule has 1 aliphatic carbocycles. The van der Waals surface area contributed by atoms with Crippen LogP contribution in [-0.4, -0.2) is 0 Å². The van der Waals surface area contributed by atoms with Gasteiger partial charge in [-0.3, -0.25) is 0 Å². The second kappa shape index (κ2) is 13.5. The fourth-order valence-corrected chi connectivity index (χ4v) is 9.25. The monoisotopic (exact) mass is 868 g/mol. The summed E-state index contributed by atoms with van der Waals surface area (Å²) in [6, 6.07) is -26.6. The molecule has 3 heterocycles. The molecule has 0 saturated heterocycles. The quantitative estimate of drug-likeness (QED) is 0.173. The van der Waals surface area contributed by atoms with E-state index in [0.717, 1.165) is 6.07 Å². The van der Waals surface area contributed by atoms with Crippen LogP contribution < -0.4 is 4.90 Å². The van der Waals surface area contributed by atoms with E-state index in [0.29, 0.717) is 16.2 Å². The van der Waals surface area contributed by atoms with Crippen LogP contribution in [0, 0.1) is 6.92 Å². The van der Waals surface area contributed by atoms with Gasteiger partial charge in [0.1, 0.15) is 16.7 Å². The molecule has 0 bridgehead atoms. The van der Waals surface area contributed by atoms with E-state index in [-0.39, 0.29) is 36.9 Å². The van der Waals surface area contributed by atoms with Gasteiger partial charge in [-0.25, -0.2) is 0 Å². The summed E-state index contributed by atoms with van der Waals surface area (Å²) in [7, 11) is 0. The zero-order valence-electron chi connectivity index (χ0n) is 65.2. The molecule has 14 rings (SSSR count). The Hall–Kier alpha value is -7.92. The van der Waals surface area contributed by atoms with Gasteiger partial charge in [0.25, 0.3) is 0 Å². The molecule has 0 atom stereocenters. The SMILES string of the molecule is [2H]c1cc(N(c2c([2H])c([2H])c(-c3c([2H])c([2H])c([2H])c([2H])c3[2H])c([2H])c2[2H])c2c([2H])c([2H])c([2H])c3c2oc2c(-c4c([2H])c([2H])c5c([2H])c([2H])c6c(sc7c([2H])c([2H])c([2H])c([2H])c76)c5c4[2H])c4c(oc5c([2H])c([2H])c([2H])c([2H])c54)c([2H])c23)c([2H])c2c1-c1c(C)c([2H])c([2H])c([2H])c1C2([2H])[2H]. The van der Waals surface area contributed by atoms with Gasteiger partial charge in [-0.2, -0.15) is 0 Å². The number of hydrogen-bond acceptors (Lipinski definition) is 4. The van der Waals surface area contributed by atoms with E-state index in [1.165, 1.54) is 6.92 Å². The first-order chi connectivity index (χ1) is 45.3. The molecule has 0 fully saturated rings. The number of furan rings is 2. The molecule has 300 valence electrons. The molecule has 13 aromatic rings. The topological polar surface area (TPSA) is 29.5 Å². The fourth-order valence-electron chi connectivity index (χ4n) is 8.18. The first-order valence-electron chi connectivity index (χ1n) is 35.7. The zero-order valence-corrected chi connectivity index (χ0v) is 33.1. The Bertz CT molecular complexity index is 5970. The molecule has 3 aromatic heterocycles. The van der Waals surface area contributed by atoms with Crippen molar-refractivity contribution in [2.24, 2.45) is 0 Å². The molecule has 64 heavy (non-hydrogen) atoms. The highest BCUT2D eigenvalue weighted by molar-refractivity contribution is 7.26. The van der Waals surface area contributed by atoms with Crippen molar-refractivity contribution < 1.29 is 54.1 Å². The number of fused-ring (bicyclic) bond motifs is 14. The number of benzene rings is 10. The summed E-state index contributed by atoms with van der Waals surface area (Å²) in [4.78, 5) is 0.568. The fraction of sp³-hybridized carbons (Fsp3) is 0.0333. The first-order valence-corrected chi connectivity index (χ1v) is 20.0. The van der Waals surface area contributed by atoms with Gasteiger partial charge in [0.15, 0.2) is 5.58 Å². The van der Waals surface area contributed by atoms with E-state index in [9.17, 15) is 24.7 Å². The third-order valence-corrected chi connectivity index (χ3v) is 12.1. The molecule has 0 amide bonds. The summed E-state index contributed by atoms with van der Waals surface area (Å²) in [6.45, 7) is 1.33. The van der Waals surface area contributed by atoms with Crippen molar-refractivity contribution in [1.82, 2.24) is 0 Å². The number of thiophene rings is 1. The van der Waals surface area contributed by atoms with E-state index in [1.54, 1.807) is 0 Å². The van der Waals surface area contributed by atoms with Crippen LogP contribution in [-0.2, 0) is 6.37 Å². The summed E-state index contributed by atoms with van der Waals surface area (Å²) in [5, 5.41) is -3.86. The predicted molar refractivity (Wildman–Crippen MR) is 270 cm³/mol. The number of hydrogen-bond donors (Lipinski definition) is 0. The second-order valence-corrected chi connectivity index (χ2v) is 15.5. The molecule has 10 aromatic carbocycles. The number of anilines is 3.